The summed E-state index contributed by atoms with van der Waals surface area (Å²) in [5.41, 5.74) is 5.95. The Balaban J connectivity index is 1.92. The lowest BCUT2D eigenvalue weighted by atomic mass is 10.2. The minimum Gasteiger partial charge on any atom is -0.247 e. The Bertz CT molecular complexity index is 1430. The summed E-state index contributed by atoms with van der Waals surface area (Å²) in [6.07, 6.45) is 0. The summed E-state index contributed by atoms with van der Waals surface area (Å²) < 4.78 is 3.19. The first-order valence-electron chi connectivity index (χ1n) is 9.26. The van der Waals surface area contributed by atoms with Crippen LogP contribution in [0.2, 0.25) is 5.02 Å². The standard InChI is InChI=1S/C23H17ClN4O/c1-14-3-8-17(9-4-14)27-22-21(25-19-12-5-15(2)13-20(19)26-22)28(23(27)29)18-10-6-16(24)7-11-18/h3-13H,1-2H3. The predicted octanol–water partition coefficient (Wildman–Crippen LogP) is 4.99. The van der Waals surface area contributed by atoms with Crippen LogP contribution in [0.25, 0.3) is 33.7 Å². The summed E-state index contributed by atoms with van der Waals surface area (Å²) in [5, 5.41) is 0.607. The Morgan fingerprint density at radius 2 is 1.21 bits per heavy atom. The fraction of sp³-hybridized carbons (Fsp3) is 0.0870. The van der Waals surface area contributed by atoms with E-state index in [0.29, 0.717) is 22.0 Å². The van der Waals surface area contributed by atoms with Crippen molar-refractivity contribution in [1.82, 2.24) is 19.1 Å². The van der Waals surface area contributed by atoms with Crippen LogP contribution >= 0.6 is 11.6 Å². The highest BCUT2D eigenvalue weighted by molar-refractivity contribution is 6.30. The van der Waals surface area contributed by atoms with Crippen molar-refractivity contribution < 1.29 is 0 Å². The van der Waals surface area contributed by atoms with Crippen molar-refractivity contribution in [3.63, 3.8) is 0 Å². The molecule has 0 amide bonds. The molecule has 0 radical (unpaired) electrons. The largest absolute Gasteiger partial charge is 0.340 e. The highest BCUT2D eigenvalue weighted by Crippen LogP contribution is 2.23. The highest BCUT2D eigenvalue weighted by Gasteiger charge is 2.19. The molecule has 6 heteroatoms. The number of imidazole rings is 1. The molecule has 5 aromatic rings. The molecule has 0 bridgehead atoms. The van der Waals surface area contributed by atoms with Gasteiger partial charge < -0.3 is 0 Å². The zero-order valence-corrected chi connectivity index (χ0v) is 16.7. The van der Waals surface area contributed by atoms with E-state index in [1.54, 1.807) is 21.3 Å². The number of hydrogen-bond donors (Lipinski definition) is 0. The molecular weight excluding hydrogens is 384 g/mol. The summed E-state index contributed by atoms with van der Waals surface area (Å²) in [5.74, 6) is 0. The molecule has 0 saturated heterocycles. The lowest BCUT2D eigenvalue weighted by Gasteiger charge is -2.04. The Morgan fingerprint density at radius 1 is 0.690 bits per heavy atom. The van der Waals surface area contributed by atoms with E-state index in [4.69, 9.17) is 21.6 Å². The Hall–Kier alpha value is -3.44. The van der Waals surface area contributed by atoms with Gasteiger partial charge in [-0.15, -0.1) is 0 Å². The molecular formula is C23H17ClN4O. The van der Waals surface area contributed by atoms with Crippen molar-refractivity contribution in [1.29, 1.82) is 0 Å². The second kappa shape index (κ2) is 6.57. The molecule has 5 nitrogen and oxygen atoms in total. The predicted molar refractivity (Wildman–Crippen MR) is 116 cm³/mol. The molecule has 0 aliphatic rings. The third-order valence-corrected chi connectivity index (χ3v) is 5.22. The molecule has 0 aliphatic carbocycles. The van der Waals surface area contributed by atoms with Crippen LogP contribution in [0, 0.1) is 13.8 Å². The third kappa shape index (κ3) is 2.91. The Kier molecular flexibility index (Phi) is 4.00. The first kappa shape index (κ1) is 17.6. The molecule has 0 fully saturated rings. The molecule has 2 heterocycles. The molecule has 0 aliphatic heterocycles. The average Bonchev–Trinajstić information content (AvgIpc) is 2.98. The number of halogens is 1. The quantitative estimate of drug-likeness (QED) is 0.419. The molecule has 0 spiro atoms. The number of hydrogen-bond acceptors (Lipinski definition) is 3. The zero-order valence-electron chi connectivity index (χ0n) is 15.9. The maximum atomic E-state index is 13.5. The normalized spacial score (nSPS) is 11.4. The van der Waals surface area contributed by atoms with Gasteiger partial charge in [-0.1, -0.05) is 35.4 Å². The molecule has 0 N–H and O–H groups in total. The molecule has 2 aromatic heterocycles. The number of rotatable bonds is 2. The summed E-state index contributed by atoms with van der Waals surface area (Å²) >= 11 is 6.05. The zero-order chi connectivity index (χ0) is 20.1. The van der Waals surface area contributed by atoms with E-state index in [9.17, 15) is 4.79 Å². The molecule has 3 aromatic carbocycles. The Labute approximate surface area is 171 Å². The molecule has 0 atom stereocenters. The lowest BCUT2D eigenvalue weighted by Crippen LogP contribution is -2.22. The Morgan fingerprint density at radius 3 is 1.83 bits per heavy atom. The topological polar surface area (TPSA) is 52.7 Å². The van der Waals surface area contributed by atoms with E-state index in [0.717, 1.165) is 27.8 Å². The monoisotopic (exact) mass is 400 g/mol. The van der Waals surface area contributed by atoms with Gasteiger partial charge in [0.2, 0.25) is 0 Å². The summed E-state index contributed by atoms with van der Waals surface area (Å²) in [4.78, 5) is 23.1. The van der Waals surface area contributed by atoms with Crippen molar-refractivity contribution in [3.8, 4) is 11.4 Å². The molecule has 0 unspecified atom stereocenters. The van der Waals surface area contributed by atoms with Gasteiger partial charge in [-0.2, -0.15) is 0 Å². The maximum Gasteiger partial charge on any atom is 0.340 e. The minimum atomic E-state index is -0.224. The van der Waals surface area contributed by atoms with E-state index in [1.807, 2.05) is 68.4 Å². The fourth-order valence-corrected chi connectivity index (χ4v) is 3.60. The smallest absolute Gasteiger partial charge is 0.247 e. The van der Waals surface area contributed by atoms with Crippen LogP contribution in [0.15, 0.2) is 71.5 Å². The number of aromatic nitrogens is 4. The van der Waals surface area contributed by atoms with E-state index in [2.05, 4.69) is 0 Å². The highest BCUT2D eigenvalue weighted by atomic mass is 35.5. The summed E-state index contributed by atoms with van der Waals surface area (Å²) in [6.45, 7) is 4.02. The van der Waals surface area contributed by atoms with Gasteiger partial charge >= 0.3 is 5.69 Å². The van der Waals surface area contributed by atoms with Gasteiger partial charge in [-0.05, 0) is 67.9 Å². The van der Waals surface area contributed by atoms with Crippen molar-refractivity contribution in [3.05, 3.63) is 93.4 Å². The average molecular weight is 401 g/mol. The first-order valence-corrected chi connectivity index (χ1v) is 9.64. The van der Waals surface area contributed by atoms with Gasteiger partial charge in [-0.25, -0.2) is 23.9 Å². The number of nitrogens with zero attached hydrogens (tertiary/aromatic N) is 4. The van der Waals surface area contributed by atoms with Crippen LogP contribution < -0.4 is 5.69 Å². The molecule has 29 heavy (non-hydrogen) atoms. The van der Waals surface area contributed by atoms with E-state index < -0.39 is 0 Å². The number of aryl methyl sites for hydroxylation is 2. The SMILES string of the molecule is Cc1ccc(-n2c(=O)n(-c3ccc(Cl)cc3)c3nc4ccc(C)cc4nc32)cc1. The van der Waals surface area contributed by atoms with E-state index in [-0.39, 0.29) is 5.69 Å². The van der Waals surface area contributed by atoms with Crippen LogP contribution in [0.3, 0.4) is 0 Å². The van der Waals surface area contributed by atoms with Crippen LogP contribution in [-0.2, 0) is 0 Å². The van der Waals surface area contributed by atoms with Crippen molar-refractivity contribution >= 4 is 33.9 Å². The van der Waals surface area contributed by atoms with E-state index in [1.165, 1.54) is 0 Å². The van der Waals surface area contributed by atoms with Crippen molar-refractivity contribution in [2.24, 2.45) is 0 Å². The number of benzene rings is 3. The van der Waals surface area contributed by atoms with Crippen molar-refractivity contribution in [2.45, 2.75) is 13.8 Å². The van der Waals surface area contributed by atoms with Gasteiger partial charge in [0, 0.05) is 5.02 Å². The van der Waals surface area contributed by atoms with Crippen molar-refractivity contribution in [2.75, 3.05) is 0 Å². The van der Waals surface area contributed by atoms with Gasteiger partial charge in [0.15, 0.2) is 11.3 Å². The second-order valence-corrected chi connectivity index (χ2v) is 7.56. The van der Waals surface area contributed by atoms with Gasteiger partial charge in [0.1, 0.15) is 0 Å². The van der Waals surface area contributed by atoms with E-state index >= 15 is 0 Å². The molecule has 142 valence electrons. The van der Waals surface area contributed by atoms with Crippen LogP contribution in [0.4, 0.5) is 0 Å². The summed E-state index contributed by atoms with van der Waals surface area (Å²) in [6, 6.07) is 20.8. The maximum absolute atomic E-state index is 13.5. The number of fused-ring (bicyclic) bond motifs is 2. The fourth-order valence-electron chi connectivity index (χ4n) is 3.48. The van der Waals surface area contributed by atoms with Crippen LogP contribution in [0.1, 0.15) is 11.1 Å². The lowest BCUT2D eigenvalue weighted by molar-refractivity contribution is 0.922. The second-order valence-electron chi connectivity index (χ2n) is 7.13. The van der Waals surface area contributed by atoms with Crippen LogP contribution in [0.5, 0.6) is 0 Å². The minimum absolute atomic E-state index is 0.224. The van der Waals surface area contributed by atoms with Gasteiger partial charge in [0.05, 0.1) is 22.4 Å². The summed E-state index contributed by atoms with van der Waals surface area (Å²) in [7, 11) is 0. The molecule has 0 saturated carbocycles. The molecule has 5 rings (SSSR count). The van der Waals surface area contributed by atoms with Gasteiger partial charge in [-0.3, -0.25) is 0 Å². The van der Waals surface area contributed by atoms with Crippen LogP contribution in [-0.4, -0.2) is 19.1 Å². The van der Waals surface area contributed by atoms with Gasteiger partial charge in [0.25, 0.3) is 0 Å². The third-order valence-electron chi connectivity index (χ3n) is 4.97. The first-order chi connectivity index (χ1) is 14.0.